The van der Waals surface area contributed by atoms with Crippen molar-refractivity contribution in [3.05, 3.63) is 29.8 Å². The Balaban J connectivity index is 2.57. The maximum atomic E-state index is 11.5. The van der Waals surface area contributed by atoms with Crippen LogP contribution in [0.5, 0.6) is 0 Å². The van der Waals surface area contributed by atoms with Crippen molar-refractivity contribution in [2.24, 2.45) is 0 Å². The third-order valence-electron chi connectivity index (χ3n) is 2.40. The maximum Gasteiger partial charge on any atom is 0.319 e. The van der Waals surface area contributed by atoms with E-state index in [0.29, 0.717) is 18.7 Å². The number of urea groups is 1. The number of carbonyl (C=O) groups excluding carboxylic acids is 2. The quantitative estimate of drug-likeness (QED) is 0.848. The van der Waals surface area contributed by atoms with Crippen LogP contribution in [0.3, 0.4) is 0 Å². The summed E-state index contributed by atoms with van der Waals surface area (Å²) in [6.45, 7) is 2.44. The molecule has 18 heavy (non-hydrogen) atoms. The van der Waals surface area contributed by atoms with Crippen LogP contribution in [-0.2, 0) is 11.2 Å². The van der Waals surface area contributed by atoms with Gasteiger partial charge in [0, 0.05) is 26.3 Å². The molecule has 5 heteroatoms. The lowest BCUT2D eigenvalue weighted by molar-refractivity contribution is -0.127. The third-order valence-corrected chi connectivity index (χ3v) is 2.40. The van der Waals surface area contributed by atoms with Gasteiger partial charge in [-0.3, -0.25) is 4.79 Å². The van der Waals surface area contributed by atoms with Crippen LogP contribution in [-0.4, -0.2) is 37.5 Å². The average Bonchev–Trinajstić information content (AvgIpc) is 2.31. The van der Waals surface area contributed by atoms with Gasteiger partial charge < -0.3 is 15.5 Å². The molecule has 0 aliphatic carbocycles. The second kappa shape index (κ2) is 6.64. The van der Waals surface area contributed by atoms with Crippen molar-refractivity contribution < 1.29 is 9.59 Å². The van der Waals surface area contributed by atoms with Gasteiger partial charge in [-0.2, -0.15) is 0 Å². The molecule has 0 bridgehead atoms. The first-order valence-electron chi connectivity index (χ1n) is 5.87. The van der Waals surface area contributed by atoms with Crippen molar-refractivity contribution in [3.8, 4) is 0 Å². The molecule has 3 amide bonds. The Morgan fingerprint density at radius 1 is 1.17 bits per heavy atom. The van der Waals surface area contributed by atoms with Crippen LogP contribution in [0.4, 0.5) is 10.5 Å². The van der Waals surface area contributed by atoms with E-state index < -0.39 is 0 Å². The van der Waals surface area contributed by atoms with Crippen LogP contribution in [0, 0.1) is 0 Å². The van der Waals surface area contributed by atoms with E-state index in [2.05, 4.69) is 10.6 Å². The van der Waals surface area contributed by atoms with Gasteiger partial charge in [-0.05, 0) is 24.6 Å². The largest absolute Gasteiger partial charge is 0.349 e. The molecule has 0 aliphatic heterocycles. The number of hydrogen-bond acceptors (Lipinski definition) is 2. The van der Waals surface area contributed by atoms with Crippen LogP contribution in [0.15, 0.2) is 24.3 Å². The Kier molecular flexibility index (Phi) is 5.17. The van der Waals surface area contributed by atoms with Crippen LogP contribution in [0.2, 0.25) is 0 Å². The Morgan fingerprint density at radius 2 is 1.78 bits per heavy atom. The number of nitrogens with zero attached hydrogens (tertiary/aromatic N) is 1. The Morgan fingerprint density at radius 3 is 2.28 bits per heavy atom. The molecule has 0 fully saturated rings. The van der Waals surface area contributed by atoms with Gasteiger partial charge in [0.05, 0.1) is 6.42 Å². The van der Waals surface area contributed by atoms with Crippen LogP contribution >= 0.6 is 0 Å². The van der Waals surface area contributed by atoms with E-state index in [-0.39, 0.29) is 11.9 Å². The fourth-order valence-corrected chi connectivity index (χ4v) is 1.37. The lowest BCUT2D eigenvalue weighted by Gasteiger charge is -2.10. The molecule has 1 aromatic carbocycles. The second-order valence-electron chi connectivity index (χ2n) is 4.15. The average molecular weight is 249 g/mol. The summed E-state index contributed by atoms with van der Waals surface area (Å²) in [5, 5.41) is 5.35. The summed E-state index contributed by atoms with van der Waals surface area (Å²) in [6, 6.07) is 7.02. The first kappa shape index (κ1) is 14.0. The summed E-state index contributed by atoms with van der Waals surface area (Å²) in [4.78, 5) is 24.3. The normalized spacial score (nSPS) is 9.72. The summed E-state index contributed by atoms with van der Waals surface area (Å²) < 4.78 is 0. The summed E-state index contributed by atoms with van der Waals surface area (Å²) in [7, 11) is 3.46. The maximum absolute atomic E-state index is 11.5. The van der Waals surface area contributed by atoms with Gasteiger partial charge >= 0.3 is 6.03 Å². The van der Waals surface area contributed by atoms with Crippen molar-refractivity contribution in [2.75, 3.05) is 26.0 Å². The van der Waals surface area contributed by atoms with Crippen LogP contribution < -0.4 is 10.6 Å². The van der Waals surface area contributed by atoms with E-state index in [4.69, 9.17) is 0 Å². The molecule has 98 valence electrons. The first-order valence-corrected chi connectivity index (χ1v) is 5.87. The number of rotatable bonds is 4. The van der Waals surface area contributed by atoms with Gasteiger partial charge in [-0.25, -0.2) is 4.79 Å². The monoisotopic (exact) mass is 249 g/mol. The van der Waals surface area contributed by atoms with E-state index >= 15 is 0 Å². The molecule has 0 aromatic heterocycles. The topological polar surface area (TPSA) is 61.4 Å². The third kappa shape index (κ3) is 4.45. The Bertz CT molecular complexity index is 413. The standard InChI is InChI=1S/C13H19N3O2/c1-4-14-13(18)15-11-7-5-10(6-8-11)9-12(17)16(2)3/h5-8H,4,9H2,1-3H3,(H2,14,15,18). The Hall–Kier alpha value is -2.04. The molecule has 0 unspecified atom stereocenters. The number of amides is 3. The zero-order valence-electron chi connectivity index (χ0n) is 11.0. The van der Waals surface area contributed by atoms with Crippen molar-refractivity contribution >= 4 is 17.6 Å². The van der Waals surface area contributed by atoms with E-state index in [0.717, 1.165) is 5.56 Å². The Labute approximate surface area is 107 Å². The van der Waals surface area contributed by atoms with Crippen molar-refractivity contribution in [1.82, 2.24) is 10.2 Å². The summed E-state index contributed by atoms with van der Waals surface area (Å²) in [5.41, 5.74) is 1.64. The number of hydrogen-bond donors (Lipinski definition) is 2. The van der Waals surface area contributed by atoms with Crippen LogP contribution in [0.25, 0.3) is 0 Å². The smallest absolute Gasteiger partial charge is 0.319 e. The van der Waals surface area contributed by atoms with Gasteiger partial charge in [0.25, 0.3) is 0 Å². The van der Waals surface area contributed by atoms with Gasteiger partial charge in [0.1, 0.15) is 0 Å². The predicted octanol–water partition coefficient (Wildman–Crippen LogP) is 1.46. The number of nitrogens with one attached hydrogen (secondary N) is 2. The summed E-state index contributed by atoms with van der Waals surface area (Å²) in [5.74, 6) is 0.0550. The van der Waals surface area contributed by atoms with Gasteiger partial charge in [-0.1, -0.05) is 12.1 Å². The zero-order valence-corrected chi connectivity index (χ0v) is 11.0. The molecule has 0 heterocycles. The predicted molar refractivity (Wildman–Crippen MR) is 71.5 cm³/mol. The molecular formula is C13H19N3O2. The number of carbonyl (C=O) groups is 2. The highest BCUT2D eigenvalue weighted by Crippen LogP contribution is 2.10. The van der Waals surface area contributed by atoms with E-state index in [1.165, 1.54) is 0 Å². The van der Waals surface area contributed by atoms with Crippen molar-refractivity contribution in [2.45, 2.75) is 13.3 Å². The summed E-state index contributed by atoms with van der Waals surface area (Å²) in [6.07, 6.45) is 0.369. The minimum absolute atomic E-state index is 0.0550. The SMILES string of the molecule is CCNC(=O)Nc1ccc(CC(=O)N(C)C)cc1. The highest BCUT2D eigenvalue weighted by atomic mass is 16.2. The first-order chi connectivity index (χ1) is 8.52. The molecule has 0 radical (unpaired) electrons. The minimum atomic E-state index is -0.227. The minimum Gasteiger partial charge on any atom is -0.349 e. The summed E-state index contributed by atoms with van der Waals surface area (Å²) >= 11 is 0. The van der Waals surface area contributed by atoms with E-state index in [1.54, 1.807) is 31.1 Å². The number of benzene rings is 1. The van der Waals surface area contributed by atoms with Gasteiger partial charge in [0.15, 0.2) is 0 Å². The van der Waals surface area contributed by atoms with E-state index in [1.807, 2.05) is 19.1 Å². The second-order valence-corrected chi connectivity index (χ2v) is 4.15. The fourth-order valence-electron chi connectivity index (χ4n) is 1.37. The highest BCUT2D eigenvalue weighted by Gasteiger charge is 2.05. The van der Waals surface area contributed by atoms with Gasteiger partial charge in [0.2, 0.25) is 5.91 Å². The molecule has 1 aromatic rings. The molecular weight excluding hydrogens is 230 g/mol. The number of likely N-dealkylation sites (N-methyl/N-ethyl adjacent to an activating group) is 1. The molecule has 0 saturated heterocycles. The van der Waals surface area contributed by atoms with Crippen molar-refractivity contribution in [1.29, 1.82) is 0 Å². The lowest BCUT2D eigenvalue weighted by Crippen LogP contribution is -2.28. The van der Waals surface area contributed by atoms with Gasteiger partial charge in [-0.15, -0.1) is 0 Å². The molecule has 0 saturated carbocycles. The lowest BCUT2D eigenvalue weighted by atomic mass is 10.1. The number of anilines is 1. The highest BCUT2D eigenvalue weighted by molar-refractivity contribution is 5.89. The van der Waals surface area contributed by atoms with Crippen LogP contribution in [0.1, 0.15) is 12.5 Å². The van der Waals surface area contributed by atoms with E-state index in [9.17, 15) is 9.59 Å². The molecule has 1 rings (SSSR count). The molecule has 0 aliphatic rings. The van der Waals surface area contributed by atoms with Crippen molar-refractivity contribution in [3.63, 3.8) is 0 Å². The molecule has 5 nitrogen and oxygen atoms in total. The molecule has 2 N–H and O–H groups in total. The fraction of sp³-hybridized carbons (Fsp3) is 0.385. The molecule has 0 spiro atoms. The molecule has 0 atom stereocenters. The zero-order chi connectivity index (χ0) is 13.5.